The molecule has 0 aromatic rings. The second-order valence-corrected chi connectivity index (χ2v) is 4.59. The van der Waals surface area contributed by atoms with Gasteiger partial charge in [-0.1, -0.05) is 31.9 Å². The van der Waals surface area contributed by atoms with Gasteiger partial charge in [0.05, 0.1) is 0 Å². The Kier molecular flexibility index (Phi) is 2.53. The summed E-state index contributed by atoms with van der Waals surface area (Å²) in [6.45, 7) is 2.44. The first-order valence-corrected chi connectivity index (χ1v) is 5.54. The number of rotatable bonds is 1. The second-order valence-electron chi connectivity index (χ2n) is 4.59. The van der Waals surface area contributed by atoms with E-state index in [0.717, 1.165) is 17.8 Å². The second kappa shape index (κ2) is 3.64. The molecule has 2 aliphatic rings. The molecule has 3 atom stereocenters. The normalized spacial score (nSPS) is 41.9. The molecule has 2 aliphatic carbocycles. The van der Waals surface area contributed by atoms with Crippen molar-refractivity contribution < 1.29 is 0 Å². The van der Waals surface area contributed by atoms with Crippen LogP contribution in [0.5, 0.6) is 0 Å². The van der Waals surface area contributed by atoms with E-state index in [1.165, 1.54) is 38.5 Å². The summed E-state index contributed by atoms with van der Waals surface area (Å²) in [6, 6.07) is 0. The van der Waals surface area contributed by atoms with Gasteiger partial charge in [0.1, 0.15) is 0 Å². The van der Waals surface area contributed by atoms with Crippen molar-refractivity contribution in [2.45, 2.75) is 45.4 Å². The minimum absolute atomic E-state index is 0.941. The minimum Gasteiger partial charge on any atom is -0.0882 e. The summed E-state index contributed by atoms with van der Waals surface area (Å²) >= 11 is 0. The molecule has 0 aromatic heterocycles. The van der Waals surface area contributed by atoms with Crippen LogP contribution in [0.25, 0.3) is 0 Å². The lowest BCUT2D eigenvalue weighted by Gasteiger charge is -2.26. The van der Waals surface area contributed by atoms with E-state index in [4.69, 9.17) is 0 Å². The molecule has 12 heavy (non-hydrogen) atoms. The average Bonchev–Trinajstić information content (AvgIpc) is 2.53. The van der Waals surface area contributed by atoms with Gasteiger partial charge in [-0.2, -0.15) is 0 Å². The lowest BCUT2D eigenvalue weighted by atomic mass is 9.79. The van der Waals surface area contributed by atoms with Gasteiger partial charge in [-0.25, -0.2) is 0 Å². The number of hydrogen-bond acceptors (Lipinski definition) is 0. The fourth-order valence-electron chi connectivity index (χ4n) is 3.01. The Bertz CT molecular complexity index is 169. The monoisotopic (exact) mass is 164 g/mol. The molecule has 0 amide bonds. The molecule has 0 aromatic carbocycles. The smallest absolute Gasteiger partial charge is 0.0202 e. The average molecular weight is 164 g/mol. The van der Waals surface area contributed by atoms with Crippen molar-refractivity contribution in [2.24, 2.45) is 17.8 Å². The van der Waals surface area contributed by atoms with Crippen LogP contribution in [0.3, 0.4) is 0 Å². The van der Waals surface area contributed by atoms with Crippen molar-refractivity contribution in [1.82, 2.24) is 0 Å². The summed E-state index contributed by atoms with van der Waals surface area (Å²) in [7, 11) is 0. The van der Waals surface area contributed by atoms with E-state index in [1.807, 2.05) is 0 Å². The SMILES string of the molecule is CC1CCCC1C1C=CCCC1. The first-order valence-electron chi connectivity index (χ1n) is 5.54. The summed E-state index contributed by atoms with van der Waals surface area (Å²) in [6.07, 6.45) is 13.6. The van der Waals surface area contributed by atoms with Crippen LogP contribution in [-0.4, -0.2) is 0 Å². The lowest BCUT2D eigenvalue weighted by Crippen LogP contribution is -2.16. The Morgan fingerprint density at radius 2 is 2.00 bits per heavy atom. The van der Waals surface area contributed by atoms with Crippen LogP contribution in [0.1, 0.15) is 45.4 Å². The summed E-state index contributed by atoms with van der Waals surface area (Å²) in [5, 5.41) is 0. The van der Waals surface area contributed by atoms with Gasteiger partial charge in [-0.3, -0.25) is 0 Å². The van der Waals surface area contributed by atoms with Gasteiger partial charge in [-0.05, 0) is 43.4 Å². The van der Waals surface area contributed by atoms with Crippen molar-refractivity contribution in [2.75, 3.05) is 0 Å². The molecule has 0 nitrogen and oxygen atoms in total. The third-order valence-corrected chi connectivity index (χ3v) is 3.77. The molecule has 2 rings (SSSR count). The third kappa shape index (κ3) is 1.57. The van der Waals surface area contributed by atoms with Crippen molar-refractivity contribution in [3.63, 3.8) is 0 Å². The zero-order valence-corrected chi connectivity index (χ0v) is 8.13. The van der Waals surface area contributed by atoms with Gasteiger partial charge in [0.15, 0.2) is 0 Å². The minimum atomic E-state index is 0.941. The van der Waals surface area contributed by atoms with Gasteiger partial charge in [0.25, 0.3) is 0 Å². The van der Waals surface area contributed by atoms with E-state index in [1.54, 1.807) is 0 Å². The van der Waals surface area contributed by atoms with Crippen LogP contribution in [0.15, 0.2) is 12.2 Å². The van der Waals surface area contributed by atoms with Crippen LogP contribution >= 0.6 is 0 Å². The van der Waals surface area contributed by atoms with E-state index in [0.29, 0.717) is 0 Å². The fourth-order valence-corrected chi connectivity index (χ4v) is 3.01. The van der Waals surface area contributed by atoms with Gasteiger partial charge in [0, 0.05) is 0 Å². The summed E-state index contributed by atoms with van der Waals surface area (Å²) < 4.78 is 0. The number of hydrogen-bond donors (Lipinski definition) is 0. The third-order valence-electron chi connectivity index (χ3n) is 3.77. The topological polar surface area (TPSA) is 0 Å². The number of allylic oxidation sites excluding steroid dienone is 2. The van der Waals surface area contributed by atoms with Crippen LogP contribution < -0.4 is 0 Å². The van der Waals surface area contributed by atoms with Crippen molar-refractivity contribution in [1.29, 1.82) is 0 Å². The molecular formula is C12H20. The highest BCUT2D eigenvalue weighted by Crippen LogP contribution is 2.40. The van der Waals surface area contributed by atoms with Crippen molar-refractivity contribution in [3.05, 3.63) is 12.2 Å². The largest absolute Gasteiger partial charge is 0.0882 e. The van der Waals surface area contributed by atoms with Gasteiger partial charge < -0.3 is 0 Å². The lowest BCUT2D eigenvalue weighted by molar-refractivity contribution is 0.297. The van der Waals surface area contributed by atoms with E-state index in [2.05, 4.69) is 19.1 Å². The summed E-state index contributed by atoms with van der Waals surface area (Å²) in [5.74, 6) is 2.97. The van der Waals surface area contributed by atoms with Gasteiger partial charge >= 0.3 is 0 Å². The molecular weight excluding hydrogens is 144 g/mol. The summed E-state index contributed by atoms with van der Waals surface area (Å²) in [4.78, 5) is 0. The molecule has 68 valence electrons. The van der Waals surface area contributed by atoms with Crippen LogP contribution in [-0.2, 0) is 0 Å². The zero-order chi connectivity index (χ0) is 8.39. The zero-order valence-electron chi connectivity index (χ0n) is 8.13. The molecule has 3 unspecified atom stereocenters. The Hall–Kier alpha value is -0.260. The maximum Gasteiger partial charge on any atom is -0.0202 e. The Balaban J connectivity index is 1.98. The molecule has 0 N–H and O–H groups in total. The predicted octanol–water partition coefficient (Wildman–Crippen LogP) is 3.78. The first kappa shape index (κ1) is 8.34. The van der Waals surface area contributed by atoms with Crippen molar-refractivity contribution >= 4 is 0 Å². The van der Waals surface area contributed by atoms with E-state index < -0.39 is 0 Å². The summed E-state index contributed by atoms with van der Waals surface area (Å²) in [5.41, 5.74) is 0. The quantitative estimate of drug-likeness (QED) is 0.517. The highest BCUT2D eigenvalue weighted by atomic mass is 14.3. The Morgan fingerprint density at radius 1 is 1.08 bits per heavy atom. The van der Waals surface area contributed by atoms with E-state index in [-0.39, 0.29) is 0 Å². The molecule has 0 aliphatic heterocycles. The molecule has 0 saturated heterocycles. The van der Waals surface area contributed by atoms with Gasteiger partial charge in [-0.15, -0.1) is 0 Å². The molecule has 0 spiro atoms. The molecule has 0 radical (unpaired) electrons. The van der Waals surface area contributed by atoms with E-state index in [9.17, 15) is 0 Å². The van der Waals surface area contributed by atoms with Crippen LogP contribution in [0, 0.1) is 17.8 Å². The predicted molar refractivity (Wildman–Crippen MR) is 53.0 cm³/mol. The maximum absolute atomic E-state index is 2.50. The highest BCUT2D eigenvalue weighted by molar-refractivity contribution is 4.97. The van der Waals surface area contributed by atoms with Crippen LogP contribution in [0.4, 0.5) is 0 Å². The molecule has 1 fully saturated rings. The Morgan fingerprint density at radius 3 is 2.58 bits per heavy atom. The molecule has 0 bridgehead atoms. The first-order chi connectivity index (χ1) is 5.88. The molecule has 0 heterocycles. The fraction of sp³-hybridized carbons (Fsp3) is 0.833. The van der Waals surface area contributed by atoms with Gasteiger partial charge in [0.2, 0.25) is 0 Å². The highest BCUT2D eigenvalue weighted by Gasteiger charge is 2.29. The van der Waals surface area contributed by atoms with Crippen LogP contribution in [0.2, 0.25) is 0 Å². The molecule has 0 heteroatoms. The maximum atomic E-state index is 2.50. The van der Waals surface area contributed by atoms with E-state index >= 15 is 0 Å². The standard InChI is InChI=1S/C12H20/c1-10-6-5-9-12(10)11-7-3-2-4-8-11/h3,7,10-12H,2,4-6,8-9H2,1H3. The molecule has 1 saturated carbocycles. The Labute approximate surface area is 76.1 Å². The van der Waals surface area contributed by atoms with Crippen molar-refractivity contribution in [3.8, 4) is 0 Å².